The predicted octanol–water partition coefficient (Wildman–Crippen LogP) is 0.987. The molecular weight excluding hydrogens is 136 g/mol. The van der Waals surface area contributed by atoms with Gasteiger partial charge in [-0.1, -0.05) is 0 Å². The van der Waals surface area contributed by atoms with Crippen LogP contribution < -0.4 is 0 Å². The highest BCUT2D eigenvalue weighted by Crippen LogP contribution is 1.83. The molecule has 9 heavy (non-hydrogen) atoms. The van der Waals surface area contributed by atoms with Crippen molar-refractivity contribution in [2.45, 2.75) is 13.0 Å². The monoisotopic (exact) mass is 145 g/mol. The van der Waals surface area contributed by atoms with Crippen LogP contribution in [0.25, 0.3) is 0 Å². The van der Waals surface area contributed by atoms with E-state index in [1.165, 1.54) is 6.26 Å². The molecule has 0 saturated carbocycles. The van der Waals surface area contributed by atoms with Crippen LogP contribution in [0.15, 0.2) is 12.3 Å². The molecule has 0 saturated heterocycles. The molecule has 3 nitrogen and oxygen atoms in total. The second-order valence-corrected chi connectivity index (χ2v) is 1.71. The maximum atomic E-state index is 4.46. The Labute approximate surface area is 57.9 Å². The van der Waals surface area contributed by atoms with Crippen LogP contribution in [0.4, 0.5) is 0 Å². The molecule has 0 N–H and O–H groups in total. The average Bonchev–Trinajstić information content (AvgIpc) is 1.89. The quantitative estimate of drug-likeness (QED) is 0.190. The topological polar surface area (TPSA) is 27.7 Å². The molecule has 0 aromatic heterocycles. The van der Waals surface area contributed by atoms with Crippen molar-refractivity contribution in [1.29, 1.82) is 0 Å². The van der Waals surface area contributed by atoms with E-state index >= 15 is 0 Å². The van der Waals surface area contributed by atoms with Crippen LogP contribution in [-0.4, -0.2) is 16.8 Å². The minimum absolute atomic E-state index is 0.467. The van der Waals surface area contributed by atoms with Crippen molar-refractivity contribution in [1.82, 2.24) is 0 Å². The molecule has 0 aliphatic rings. The summed E-state index contributed by atoms with van der Waals surface area (Å²) in [4.78, 5) is 8.82. The maximum Gasteiger partial charge on any atom is 0.128 e. The number of hydrogen-bond donors (Lipinski definition) is 0. The van der Waals surface area contributed by atoms with E-state index in [9.17, 15) is 0 Å². The van der Waals surface area contributed by atoms with Crippen LogP contribution in [0.2, 0.25) is 6.04 Å². The van der Waals surface area contributed by atoms with Crippen molar-refractivity contribution in [2.75, 3.05) is 6.61 Å². The zero-order valence-corrected chi connectivity index (χ0v) is 6.29. The molecule has 0 fully saturated rings. The summed E-state index contributed by atoms with van der Waals surface area (Å²) in [5.41, 5.74) is 0. The molecule has 0 aromatic carbocycles. The van der Waals surface area contributed by atoms with E-state index < -0.39 is 0 Å². The molecular formula is C5H9O3Si. The summed E-state index contributed by atoms with van der Waals surface area (Å²) in [6, 6.07) is 0.721. The maximum absolute atomic E-state index is 4.46. The van der Waals surface area contributed by atoms with Gasteiger partial charge in [-0.05, 0) is 24.1 Å². The van der Waals surface area contributed by atoms with Crippen LogP contribution in [0.3, 0.4) is 0 Å². The van der Waals surface area contributed by atoms with Crippen molar-refractivity contribution in [2.24, 2.45) is 0 Å². The molecule has 0 aliphatic heterocycles. The van der Waals surface area contributed by atoms with Gasteiger partial charge in [0.05, 0.1) is 6.61 Å². The molecule has 0 amide bonds. The fraction of sp³-hybridized carbons (Fsp3) is 0.600. The van der Waals surface area contributed by atoms with Crippen LogP contribution in [0.5, 0.6) is 0 Å². The lowest BCUT2D eigenvalue weighted by Crippen LogP contribution is -1.93. The second-order valence-electron chi connectivity index (χ2n) is 1.21. The molecule has 0 bridgehead atoms. The number of hydrogen-bond acceptors (Lipinski definition) is 3. The van der Waals surface area contributed by atoms with E-state index in [2.05, 4.69) is 25.1 Å². The fourth-order valence-electron chi connectivity index (χ4n) is 0.182. The van der Waals surface area contributed by atoms with Crippen molar-refractivity contribution in [3.8, 4) is 0 Å². The summed E-state index contributed by atoms with van der Waals surface area (Å²) in [7, 11) is 3.18. The van der Waals surface area contributed by atoms with Gasteiger partial charge in [0.25, 0.3) is 0 Å². The highest BCUT2D eigenvalue weighted by atomic mass is 28.1. The Kier molecular flexibility index (Phi) is 7.40. The molecule has 0 aliphatic carbocycles. The first-order valence-electron chi connectivity index (χ1n) is 2.62. The van der Waals surface area contributed by atoms with E-state index in [0.717, 1.165) is 6.04 Å². The minimum Gasteiger partial charge on any atom is -0.317 e. The summed E-state index contributed by atoms with van der Waals surface area (Å²) in [5.74, 6) is 0. The van der Waals surface area contributed by atoms with Crippen LogP contribution in [0.1, 0.15) is 6.92 Å². The Morgan fingerprint density at radius 3 is 2.89 bits per heavy atom. The molecule has 0 atom stereocenters. The first kappa shape index (κ1) is 8.68. The van der Waals surface area contributed by atoms with Gasteiger partial charge in [-0.3, -0.25) is 0 Å². The normalized spacial score (nSPS) is 10.4. The summed E-state index contributed by atoms with van der Waals surface area (Å²) in [5, 5.41) is 4.20. The third-order valence-electron chi connectivity index (χ3n) is 0.464. The van der Waals surface area contributed by atoms with E-state index in [0.29, 0.717) is 6.61 Å². The second kappa shape index (κ2) is 7.68. The van der Waals surface area contributed by atoms with Crippen molar-refractivity contribution < 1.29 is 14.8 Å². The first-order chi connectivity index (χ1) is 4.41. The van der Waals surface area contributed by atoms with Gasteiger partial charge < -0.3 is 4.89 Å². The molecule has 0 spiro atoms. The van der Waals surface area contributed by atoms with Gasteiger partial charge in [0.2, 0.25) is 0 Å². The summed E-state index contributed by atoms with van der Waals surface area (Å²) < 4.78 is 0. The molecule has 0 rings (SSSR count). The zero-order chi connectivity index (χ0) is 6.95. The van der Waals surface area contributed by atoms with Gasteiger partial charge in [0.1, 0.15) is 6.26 Å². The number of allylic oxidation sites excluding steroid dienone is 1. The Morgan fingerprint density at radius 1 is 1.56 bits per heavy atom. The fourth-order valence-corrected chi connectivity index (χ4v) is 0.265. The van der Waals surface area contributed by atoms with E-state index in [4.69, 9.17) is 0 Å². The van der Waals surface area contributed by atoms with Gasteiger partial charge in [-0.15, -0.1) is 0 Å². The Hall–Kier alpha value is -0.323. The van der Waals surface area contributed by atoms with E-state index in [1.54, 1.807) is 6.08 Å². The van der Waals surface area contributed by atoms with Crippen LogP contribution in [0, 0.1) is 0 Å². The summed E-state index contributed by atoms with van der Waals surface area (Å²) >= 11 is 0. The SMILES string of the molecule is CC=COOOCC[Si]. The molecule has 0 aromatic rings. The molecule has 3 radical (unpaired) electrons. The van der Waals surface area contributed by atoms with Crippen molar-refractivity contribution >= 4 is 10.2 Å². The van der Waals surface area contributed by atoms with Gasteiger partial charge >= 0.3 is 0 Å². The minimum atomic E-state index is 0.467. The van der Waals surface area contributed by atoms with E-state index in [-0.39, 0.29) is 0 Å². The van der Waals surface area contributed by atoms with Crippen LogP contribution in [-0.2, 0) is 14.8 Å². The van der Waals surface area contributed by atoms with Gasteiger partial charge in [-0.2, -0.15) is 4.89 Å². The molecule has 51 valence electrons. The highest BCUT2D eigenvalue weighted by Gasteiger charge is 1.81. The Bertz CT molecular complexity index is 74.6. The smallest absolute Gasteiger partial charge is 0.128 e. The predicted molar refractivity (Wildman–Crippen MR) is 33.5 cm³/mol. The molecule has 4 heteroatoms. The summed E-state index contributed by atoms with van der Waals surface area (Å²) in [6.45, 7) is 2.28. The van der Waals surface area contributed by atoms with E-state index in [1.807, 2.05) is 6.92 Å². The van der Waals surface area contributed by atoms with Crippen molar-refractivity contribution in [3.63, 3.8) is 0 Å². The Balaban J connectivity index is 2.75. The number of rotatable bonds is 5. The largest absolute Gasteiger partial charge is 0.317 e. The molecule has 0 unspecified atom stereocenters. The third kappa shape index (κ3) is 7.68. The molecule has 0 heterocycles. The van der Waals surface area contributed by atoms with Crippen LogP contribution >= 0.6 is 0 Å². The van der Waals surface area contributed by atoms with Crippen molar-refractivity contribution in [3.05, 3.63) is 12.3 Å². The third-order valence-corrected chi connectivity index (χ3v) is 0.669. The lowest BCUT2D eigenvalue weighted by molar-refractivity contribution is -0.488. The Morgan fingerprint density at radius 2 is 2.33 bits per heavy atom. The van der Waals surface area contributed by atoms with Gasteiger partial charge in [0, 0.05) is 10.2 Å². The average molecular weight is 145 g/mol. The van der Waals surface area contributed by atoms with Gasteiger partial charge in [0.15, 0.2) is 0 Å². The lowest BCUT2D eigenvalue weighted by atomic mass is 10.7. The zero-order valence-electron chi connectivity index (χ0n) is 5.29. The summed E-state index contributed by atoms with van der Waals surface area (Å²) in [6.07, 6.45) is 3.07. The lowest BCUT2D eigenvalue weighted by Gasteiger charge is -1.95. The van der Waals surface area contributed by atoms with Gasteiger partial charge in [-0.25, -0.2) is 0 Å². The standard InChI is InChI=1S/C5H9O3Si/c1-2-3-6-8-7-4-5-9/h2-3H,4-5H2,1H3. The highest BCUT2D eigenvalue weighted by molar-refractivity contribution is 6.08. The first-order valence-corrected chi connectivity index (χ1v) is 3.33.